The first-order chi connectivity index (χ1) is 9.65. The number of carbonyl (C=O) groups excluding carboxylic acids is 1. The summed E-state index contributed by atoms with van der Waals surface area (Å²) < 4.78 is 0. The number of benzene rings is 1. The first-order valence-corrected chi connectivity index (χ1v) is 7.49. The van der Waals surface area contributed by atoms with Gasteiger partial charge in [0.15, 0.2) is 0 Å². The monoisotopic (exact) mass is 275 g/mol. The van der Waals surface area contributed by atoms with E-state index in [1.165, 1.54) is 12.8 Å². The van der Waals surface area contributed by atoms with Gasteiger partial charge in [0, 0.05) is 30.7 Å². The van der Waals surface area contributed by atoms with Crippen molar-refractivity contribution in [3.63, 3.8) is 0 Å². The SMILES string of the molecule is Cc1ccc(C(=O)NCCNC2CCCC(N)C2)cc1. The molecule has 0 saturated heterocycles. The number of hydrogen-bond acceptors (Lipinski definition) is 3. The molecule has 0 aliphatic heterocycles. The van der Waals surface area contributed by atoms with Gasteiger partial charge in [-0.2, -0.15) is 0 Å². The van der Waals surface area contributed by atoms with Gasteiger partial charge in [0.05, 0.1) is 0 Å². The average Bonchev–Trinajstić information content (AvgIpc) is 2.44. The zero-order valence-electron chi connectivity index (χ0n) is 12.2. The lowest BCUT2D eigenvalue weighted by molar-refractivity contribution is 0.0953. The lowest BCUT2D eigenvalue weighted by atomic mass is 9.92. The standard InChI is InChI=1S/C16H25N3O/c1-12-5-7-13(8-6-12)16(20)19-10-9-18-15-4-2-3-14(17)11-15/h5-8,14-15,18H,2-4,9-11,17H2,1H3,(H,19,20). The summed E-state index contributed by atoms with van der Waals surface area (Å²) in [6.45, 7) is 3.47. The molecular weight excluding hydrogens is 250 g/mol. The summed E-state index contributed by atoms with van der Waals surface area (Å²) in [6.07, 6.45) is 4.59. The molecule has 1 aromatic carbocycles. The van der Waals surface area contributed by atoms with Crippen molar-refractivity contribution in [1.29, 1.82) is 0 Å². The molecule has 2 atom stereocenters. The Morgan fingerprint density at radius 1 is 1.25 bits per heavy atom. The van der Waals surface area contributed by atoms with Crippen LogP contribution in [0.4, 0.5) is 0 Å². The molecule has 2 unspecified atom stereocenters. The lowest BCUT2D eigenvalue weighted by Gasteiger charge is -2.27. The summed E-state index contributed by atoms with van der Waals surface area (Å²) in [6, 6.07) is 8.47. The van der Waals surface area contributed by atoms with Crippen molar-refractivity contribution >= 4 is 5.91 Å². The molecule has 0 heterocycles. The molecule has 0 aromatic heterocycles. The van der Waals surface area contributed by atoms with E-state index in [1.54, 1.807) is 0 Å². The van der Waals surface area contributed by atoms with Gasteiger partial charge < -0.3 is 16.4 Å². The minimum Gasteiger partial charge on any atom is -0.351 e. The van der Waals surface area contributed by atoms with Crippen molar-refractivity contribution in [2.45, 2.75) is 44.7 Å². The number of nitrogens with one attached hydrogen (secondary N) is 2. The molecule has 110 valence electrons. The van der Waals surface area contributed by atoms with Gasteiger partial charge in [-0.3, -0.25) is 4.79 Å². The molecule has 2 rings (SSSR count). The number of nitrogens with two attached hydrogens (primary N) is 1. The Kier molecular flexibility index (Phi) is 5.56. The van der Waals surface area contributed by atoms with E-state index < -0.39 is 0 Å². The van der Waals surface area contributed by atoms with E-state index in [0.29, 0.717) is 18.6 Å². The second kappa shape index (κ2) is 7.41. The zero-order chi connectivity index (χ0) is 14.4. The van der Waals surface area contributed by atoms with E-state index in [-0.39, 0.29) is 5.91 Å². The van der Waals surface area contributed by atoms with Gasteiger partial charge in [-0.15, -0.1) is 0 Å². The smallest absolute Gasteiger partial charge is 0.251 e. The van der Waals surface area contributed by atoms with Gasteiger partial charge in [-0.05, 0) is 38.3 Å². The number of aryl methyl sites for hydroxylation is 1. The van der Waals surface area contributed by atoms with Crippen LogP contribution in [0.15, 0.2) is 24.3 Å². The molecule has 1 aliphatic rings. The minimum atomic E-state index is -0.00727. The van der Waals surface area contributed by atoms with E-state index in [1.807, 2.05) is 31.2 Å². The molecule has 0 bridgehead atoms. The fourth-order valence-corrected chi connectivity index (χ4v) is 2.67. The topological polar surface area (TPSA) is 67.2 Å². The van der Waals surface area contributed by atoms with Crippen LogP contribution in [0.2, 0.25) is 0 Å². The van der Waals surface area contributed by atoms with Crippen LogP contribution in [-0.2, 0) is 0 Å². The minimum absolute atomic E-state index is 0.00727. The van der Waals surface area contributed by atoms with Crippen molar-refractivity contribution in [2.75, 3.05) is 13.1 Å². The maximum Gasteiger partial charge on any atom is 0.251 e. The fourth-order valence-electron chi connectivity index (χ4n) is 2.67. The van der Waals surface area contributed by atoms with Gasteiger partial charge in [0.2, 0.25) is 0 Å². The van der Waals surface area contributed by atoms with E-state index >= 15 is 0 Å². The molecule has 20 heavy (non-hydrogen) atoms. The van der Waals surface area contributed by atoms with Crippen LogP contribution in [0.5, 0.6) is 0 Å². The second-order valence-electron chi connectivity index (χ2n) is 5.70. The van der Waals surface area contributed by atoms with Gasteiger partial charge in [0.1, 0.15) is 0 Å². The van der Waals surface area contributed by atoms with Crippen molar-refractivity contribution in [3.05, 3.63) is 35.4 Å². The summed E-state index contributed by atoms with van der Waals surface area (Å²) >= 11 is 0. The molecule has 1 amide bonds. The Hall–Kier alpha value is -1.39. The van der Waals surface area contributed by atoms with Gasteiger partial charge in [-0.25, -0.2) is 0 Å². The van der Waals surface area contributed by atoms with Crippen molar-refractivity contribution < 1.29 is 4.79 Å². The quantitative estimate of drug-likeness (QED) is 0.715. The summed E-state index contributed by atoms with van der Waals surface area (Å²) in [5, 5.41) is 6.41. The van der Waals surface area contributed by atoms with Crippen LogP contribution in [0.25, 0.3) is 0 Å². The highest BCUT2D eigenvalue weighted by Gasteiger charge is 2.18. The van der Waals surface area contributed by atoms with E-state index in [4.69, 9.17) is 5.73 Å². The predicted molar refractivity (Wildman–Crippen MR) is 81.7 cm³/mol. The normalized spacial score (nSPS) is 22.5. The molecule has 1 fully saturated rings. The third-order valence-corrected chi connectivity index (χ3v) is 3.87. The molecule has 1 saturated carbocycles. The van der Waals surface area contributed by atoms with Crippen LogP contribution in [0, 0.1) is 6.92 Å². The van der Waals surface area contributed by atoms with Gasteiger partial charge in [-0.1, -0.05) is 24.1 Å². The van der Waals surface area contributed by atoms with E-state index in [0.717, 1.165) is 30.5 Å². The third kappa shape index (κ3) is 4.62. The van der Waals surface area contributed by atoms with Crippen LogP contribution >= 0.6 is 0 Å². The Labute approximate surface area is 121 Å². The first kappa shape index (κ1) is 15.0. The number of hydrogen-bond donors (Lipinski definition) is 3. The summed E-state index contributed by atoms with van der Waals surface area (Å²) in [4.78, 5) is 11.9. The van der Waals surface area contributed by atoms with Gasteiger partial charge in [0.25, 0.3) is 5.91 Å². The van der Waals surface area contributed by atoms with Crippen LogP contribution in [0.3, 0.4) is 0 Å². The molecule has 4 N–H and O–H groups in total. The maximum absolute atomic E-state index is 11.9. The largest absolute Gasteiger partial charge is 0.351 e. The summed E-state index contributed by atoms with van der Waals surface area (Å²) in [5.41, 5.74) is 7.84. The molecule has 4 heteroatoms. The maximum atomic E-state index is 11.9. The van der Waals surface area contributed by atoms with Gasteiger partial charge >= 0.3 is 0 Å². The second-order valence-corrected chi connectivity index (χ2v) is 5.70. The Morgan fingerprint density at radius 3 is 2.70 bits per heavy atom. The molecular formula is C16H25N3O. The Morgan fingerprint density at radius 2 is 2.00 bits per heavy atom. The molecule has 4 nitrogen and oxygen atoms in total. The molecule has 1 aromatic rings. The zero-order valence-corrected chi connectivity index (χ0v) is 12.2. The molecule has 1 aliphatic carbocycles. The molecule has 0 spiro atoms. The van der Waals surface area contributed by atoms with Crippen LogP contribution in [-0.4, -0.2) is 31.1 Å². The first-order valence-electron chi connectivity index (χ1n) is 7.49. The van der Waals surface area contributed by atoms with Crippen molar-refractivity contribution in [3.8, 4) is 0 Å². The van der Waals surface area contributed by atoms with E-state index in [9.17, 15) is 4.79 Å². The van der Waals surface area contributed by atoms with Crippen LogP contribution < -0.4 is 16.4 Å². The highest BCUT2D eigenvalue weighted by molar-refractivity contribution is 5.94. The summed E-state index contributed by atoms with van der Waals surface area (Å²) in [7, 11) is 0. The van der Waals surface area contributed by atoms with Crippen molar-refractivity contribution in [1.82, 2.24) is 10.6 Å². The highest BCUT2D eigenvalue weighted by Crippen LogP contribution is 2.16. The fraction of sp³-hybridized carbons (Fsp3) is 0.562. The molecule has 0 radical (unpaired) electrons. The van der Waals surface area contributed by atoms with Crippen LogP contribution in [0.1, 0.15) is 41.6 Å². The Balaban J connectivity index is 1.65. The predicted octanol–water partition coefficient (Wildman–Crippen LogP) is 1.58. The Bertz CT molecular complexity index is 430. The summed E-state index contributed by atoms with van der Waals surface area (Å²) in [5.74, 6) is -0.00727. The lowest BCUT2D eigenvalue weighted by Crippen LogP contribution is -2.42. The average molecular weight is 275 g/mol. The number of rotatable bonds is 5. The number of amides is 1. The highest BCUT2D eigenvalue weighted by atomic mass is 16.1. The van der Waals surface area contributed by atoms with Crippen molar-refractivity contribution in [2.24, 2.45) is 5.73 Å². The van der Waals surface area contributed by atoms with E-state index in [2.05, 4.69) is 10.6 Å². The number of carbonyl (C=O) groups is 1. The third-order valence-electron chi connectivity index (χ3n) is 3.87.